The number of thiophene rings is 1. The van der Waals surface area contributed by atoms with Gasteiger partial charge in [0.05, 0.1) is 28.7 Å². The van der Waals surface area contributed by atoms with Gasteiger partial charge in [-0.05, 0) is 31.2 Å². The third-order valence-corrected chi connectivity index (χ3v) is 5.66. The van der Waals surface area contributed by atoms with Crippen molar-refractivity contribution >= 4 is 33.3 Å². The van der Waals surface area contributed by atoms with Crippen LogP contribution in [0, 0.1) is 11.3 Å². The first kappa shape index (κ1) is 16.6. The largest absolute Gasteiger partial charge is 0.464 e. The molecule has 0 radical (unpaired) electrons. The highest BCUT2D eigenvalue weighted by atomic mass is 32.2. The van der Waals surface area contributed by atoms with Gasteiger partial charge in [0, 0.05) is 10.9 Å². The van der Waals surface area contributed by atoms with E-state index in [1.165, 1.54) is 23.1 Å². The van der Waals surface area contributed by atoms with E-state index in [4.69, 9.17) is 4.42 Å². The second kappa shape index (κ2) is 6.83. The molecule has 128 valence electrons. The molecule has 0 unspecified atom stereocenters. The molecule has 0 aliphatic carbocycles. The molecule has 26 heavy (non-hydrogen) atoms. The van der Waals surface area contributed by atoms with E-state index in [2.05, 4.69) is 11.1 Å². The molecule has 0 aliphatic heterocycles. The first-order valence-electron chi connectivity index (χ1n) is 7.89. The lowest BCUT2D eigenvalue weighted by atomic mass is 10.2. The van der Waals surface area contributed by atoms with Crippen molar-refractivity contribution in [3.8, 4) is 23.1 Å². The summed E-state index contributed by atoms with van der Waals surface area (Å²) in [4.78, 5) is 18.7. The number of para-hydroxylation sites is 1. The number of furan rings is 1. The van der Waals surface area contributed by atoms with E-state index in [-0.39, 0.29) is 10.8 Å². The number of nitrogens with zero attached hydrogens (tertiary/aromatic N) is 3. The van der Waals surface area contributed by atoms with Crippen molar-refractivity contribution in [2.75, 3.05) is 0 Å². The maximum Gasteiger partial charge on any atom is 0.268 e. The maximum absolute atomic E-state index is 13.4. The summed E-state index contributed by atoms with van der Waals surface area (Å²) in [6.45, 7) is 1.79. The minimum Gasteiger partial charge on any atom is -0.464 e. The van der Waals surface area contributed by atoms with Gasteiger partial charge in [0.25, 0.3) is 5.56 Å². The molecule has 7 heteroatoms. The highest BCUT2D eigenvalue weighted by Gasteiger charge is 2.20. The third kappa shape index (κ3) is 2.83. The monoisotopic (exact) mass is 379 g/mol. The molecule has 0 saturated heterocycles. The topological polar surface area (TPSA) is 71.8 Å². The summed E-state index contributed by atoms with van der Waals surface area (Å²) in [6, 6.07) is 15.1. The second-order valence-corrected chi connectivity index (χ2v) is 7.73. The molecule has 0 saturated carbocycles. The Morgan fingerprint density at radius 1 is 1.27 bits per heavy atom. The quantitative estimate of drug-likeness (QED) is 0.379. The summed E-state index contributed by atoms with van der Waals surface area (Å²) in [7, 11) is 0. The number of benzene rings is 1. The van der Waals surface area contributed by atoms with E-state index >= 15 is 0 Å². The van der Waals surface area contributed by atoms with Crippen LogP contribution in [-0.4, -0.2) is 14.8 Å². The smallest absolute Gasteiger partial charge is 0.268 e. The van der Waals surface area contributed by atoms with E-state index < -0.39 is 0 Å². The van der Waals surface area contributed by atoms with Gasteiger partial charge < -0.3 is 4.42 Å². The molecule has 1 aromatic carbocycles. The molecular weight excluding hydrogens is 366 g/mol. The van der Waals surface area contributed by atoms with Crippen LogP contribution < -0.4 is 5.56 Å². The molecule has 0 spiro atoms. The first-order valence-corrected chi connectivity index (χ1v) is 9.65. The van der Waals surface area contributed by atoms with Crippen LogP contribution in [0.1, 0.15) is 6.92 Å². The van der Waals surface area contributed by atoms with Gasteiger partial charge in [-0.25, -0.2) is 4.98 Å². The Balaban J connectivity index is 2.03. The average molecular weight is 379 g/mol. The predicted molar refractivity (Wildman–Crippen MR) is 104 cm³/mol. The van der Waals surface area contributed by atoms with Crippen molar-refractivity contribution in [1.29, 1.82) is 5.26 Å². The lowest BCUT2D eigenvalue weighted by Crippen LogP contribution is -2.22. The molecule has 0 bridgehead atoms. The summed E-state index contributed by atoms with van der Waals surface area (Å²) in [6.07, 6.45) is 1.58. The van der Waals surface area contributed by atoms with Crippen molar-refractivity contribution < 1.29 is 4.42 Å². The van der Waals surface area contributed by atoms with E-state index in [0.717, 1.165) is 11.3 Å². The standard InChI is InChI=1S/C19H13N3O2S2/c1-12(10-20)26-19-21-17-16(14(11-25-17)15-8-5-9-24-15)18(23)22(19)13-6-3-2-4-7-13/h2-9,11-12H,1H3/t12-/m1/s1. The Labute approximate surface area is 157 Å². The Bertz CT molecular complexity index is 1160. The molecule has 0 N–H and O–H groups in total. The molecule has 0 aliphatic rings. The Morgan fingerprint density at radius 3 is 2.77 bits per heavy atom. The van der Waals surface area contributed by atoms with Crippen LogP contribution in [0.4, 0.5) is 0 Å². The van der Waals surface area contributed by atoms with Gasteiger partial charge in [0.15, 0.2) is 5.16 Å². The third-order valence-electron chi connectivity index (χ3n) is 3.84. The van der Waals surface area contributed by atoms with E-state index in [0.29, 0.717) is 21.1 Å². The van der Waals surface area contributed by atoms with Crippen LogP contribution in [0.3, 0.4) is 0 Å². The molecule has 3 heterocycles. The minimum atomic E-state index is -0.321. The van der Waals surface area contributed by atoms with Crippen LogP contribution in [0.5, 0.6) is 0 Å². The van der Waals surface area contributed by atoms with Gasteiger partial charge >= 0.3 is 0 Å². The van der Waals surface area contributed by atoms with Gasteiger partial charge in [-0.15, -0.1) is 11.3 Å². The lowest BCUT2D eigenvalue weighted by molar-refractivity contribution is 0.583. The highest BCUT2D eigenvalue weighted by Crippen LogP contribution is 2.33. The summed E-state index contributed by atoms with van der Waals surface area (Å²) >= 11 is 2.67. The molecular formula is C19H13N3O2S2. The zero-order chi connectivity index (χ0) is 18.1. The van der Waals surface area contributed by atoms with Crippen LogP contribution in [0.15, 0.2) is 68.5 Å². The molecule has 0 amide bonds. The van der Waals surface area contributed by atoms with Gasteiger partial charge in [0.1, 0.15) is 10.6 Å². The number of aromatic nitrogens is 2. The average Bonchev–Trinajstić information content (AvgIpc) is 3.32. The lowest BCUT2D eigenvalue weighted by Gasteiger charge is -2.13. The fourth-order valence-corrected chi connectivity index (χ4v) is 4.44. The SMILES string of the molecule is C[C@H](C#N)Sc1nc2scc(-c3ccco3)c2c(=O)n1-c1ccccc1. The zero-order valence-corrected chi connectivity index (χ0v) is 15.4. The number of hydrogen-bond acceptors (Lipinski definition) is 6. The van der Waals surface area contributed by atoms with Gasteiger partial charge in [-0.2, -0.15) is 5.26 Å². The van der Waals surface area contributed by atoms with Crippen molar-refractivity contribution in [2.24, 2.45) is 0 Å². The molecule has 3 aromatic heterocycles. The summed E-state index contributed by atoms with van der Waals surface area (Å²) in [5.74, 6) is 0.639. The van der Waals surface area contributed by atoms with Crippen LogP contribution >= 0.6 is 23.1 Å². The van der Waals surface area contributed by atoms with Crippen LogP contribution in [0.2, 0.25) is 0 Å². The van der Waals surface area contributed by atoms with E-state index in [1.54, 1.807) is 23.8 Å². The Kier molecular flexibility index (Phi) is 4.37. The number of fused-ring (bicyclic) bond motifs is 1. The van der Waals surface area contributed by atoms with Crippen LogP contribution in [-0.2, 0) is 0 Å². The minimum absolute atomic E-state index is 0.165. The summed E-state index contributed by atoms with van der Waals surface area (Å²) < 4.78 is 7.05. The fraction of sp³-hybridized carbons (Fsp3) is 0.105. The predicted octanol–water partition coefficient (Wildman–Crippen LogP) is 4.71. The molecule has 0 fully saturated rings. The molecule has 5 nitrogen and oxygen atoms in total. The normalized spacial score (nSPS) is 12.2. The van der Waals surface area contributed by atoms with Gasteiger partial charge in [-0.1, -0.05) is 30.0 Å². The maximum atomic E-state index is 13.4. The number of hydrogen-bond donors (Lipinski definition) is 0. The highest BCUT2D eigenvalue weighted by molar-refractivity contribution is 8.00. The Morgan fingerprint density at radius 2 is 2.08 bits per heavy atom. The number of nitriles is 1. The molecule has 4 aromatic rings. The zero-order valence-electron chi connectivity index (χ0n) is 13.7. The summed E-state index contributed by atoms with van der Waals surface area (Å²) in [5.41, 5.74) is 1.29. The molecule has 1 atom stereocenters. The van der Waals surface area contributed by atoms with E-state index in [9.17, 15) is 10.1 Å². The summed E-state index contributed by atoms with van der Waals surface area (Å²) in [5, 5.41) is 11.8. The fourth-order valence-electron chi connectivity index (χ4n) is 2.65. The second-order valence-electron chi connectivity index (χ2n) is 5.57. The van der Waals surface area contributed by atoms with Crippen molar-refractivity contribution in [3.63, 3.8) is 0 Å². The Hall–Kier alpha value is -2.82. The number of thioether (sulfide) groups is 1. The van der Waals surface area contributed by atoms with Crippen molar-refractivity contribution in [1.82, 2.24) is 9.55 Å². The molecule has 4 rings (SSSR count). The van der Waals surface area contributed by atoms with E-state index in [1.807, 2.05) is 41.8 Å². The van der Waals surface area contributed by atoms with Gasteiger partial charge in [0.2, 0.25) is 0 Å². The van der Waals surface area contributed by atoms with Crippen LogP contribution in [0.25, 0.3) is 27.2 Å². The van der Waals surface area contributed by atoms with Crippen molar-refractivity contribution in [2.45, 2.75) is 17.3 Å². The first-order chi connectivity index (χ1) is 12.7. The van der Waals surface area contributed by atoms with Gasteiger partial charge in [-0.3, -0.25) is 9.36 Å². The van der Waals surface area contributed by atoms with Crippen molar-refractivity contribution in [3.05, 3.63) is 64.5 Å². The number of rotatable bonds is 4.